The lowest BCUT2D eigenvalue weighted by atomic mass is 9.92. The predicted octanol–water partition coefficient (Wildman–Crippen LogP) is 6.45. The molecule has 0 aliphatic heterocycles. The molecule has 0 atom stereocenters. The van der Waals surface area contributed by atoms with Gasteiger partial charge in [-0.2, -0.15) is 5.10 Å². The van der Waals surface area contributed by atoms with Gasteiger partial charge >= 0.3 is 0 Å². The Kier molecular flexibility index (Phi) is 6.10. The van der Waals surface area contributed by atoms with E-state index in [0.717, 1.165) is 27.5 Å². The number of halogens is 1. The molecule has 1 aromatic carbocycles. The largest absolute Gasteiger partial charge is 0.336 e. The molecule has 5 heterocycles. The maximum Gasteiger partial charge on any atom is 0.224 e. The highest BCUT2D eigenvalue weighted by Gasteiger charge is 2.19. The van der Waals surface area contributed by atoms with E-state index >= 15 is 0 Å². The highest BCUT2D eigenvalue weighted by Crippen LogP contribution is 2.32. The van der Waals surface area contributed by atoms with Crippen molar-refractivity contribution in [1.29, 1.82) is 0 Å². The normalized spacial score (nSPS) is 11.8. The van der Waals surface area contributed by atoms with Gasteiger partial charge in [0.15, 0.2) is 5.82 Å². The number of carbonyl (C=O) groups excluding carboxylic acids is 1. The average Bonchev–Trinajstić information content (AvgIpc) is 3.50. The number of aromatic amines is 2. The van der Waals surface area contributed by atoms with Crippen LogP contribution in [0.15, 0.2) is 61.2 Å². The van der Waals surface area contributed by atoms with Gasteiger partial charge in [-0.1, -0.05) is 20.8 Å². The topological polar surface area (TPSA) is 125 Å². The highest BCUT2D eigenvalue weighted by molar-refractivity contribution is 5.97. The Morgan fingerprint density at radius 3 is 2.62 bits per heavy atom. The van der Waals surface area contributed by atoms with E-state index in [2.05, 4.69) is 35.5 Å². The lowest BCUT2D eigenvalue weighted by Crippen LogP contribution is -2.19. The summed E-state index contributed by atoms with van der Waals surface area (Å²) in [6, 6.07) is 10.4. The van der Waals surface area contributed by atoms with Crippen LogP contribution in [0.5, 0.6) is 0 Å². The number of rotatable bonds is 5. The van der Waals surface area contributed by atoms with Crippen LogP contribution in [-0.2, 0) is 4.79 Å². The van der Waals surface area contributed by atoms with E-state index in [4.69, 9.17) is 4.98 Å². The molecule has 0 fully saturated rings. The first-order chi connectivity index (χ1) is 19.1. The summed E-state index contributed by atoms with van der Waals surface area (Å²) < 4.78 is 14.1. The van der Waals surface area contributed by atoms with Gasteiger partial charge in [-0.25, -0.2) is 9.37 Å². The van der Waals surface area contributed by atoms with Crippen LogP contribution in [0, 0.1) is 18.2 Å². The van der Waals surface area contributed by atoms with Crippen LogP contribution in [0.2, 0.25) is 0 Å². The Hall–Kier alpha value is -4.99. The molecule has 0 aliphatic carbocycles. The fourth-order valence-electron chi connectivity index (χ4n) is 4.72. The highest BCUT2D eigenvalue weighted by atomic mass is 19.1. The third-order valence-corrected chi connectivity index (χ3v) is 6.40. The summed E-state index contributed by atoms with van der Waals surface area (Å²) in [6.07, 6.45) is 7.09. The molecule has 0 aliphatic rings. The Bertz CT molecular complexity index is 1880. The Balaban J connectivity index is 1.37. The number of nitrogens with zero attached hydrogens (tertiary/aromatic N) is 5. The summed E-state index contributed by atoms with van der Waals surface area (Å²) >= 11 is 0. The van der Waals surface area contributed by atoms with E-state index in [1.165, 1.54) is 12.1 Å². The smallest absolute Gasteiger partial charge is 0.224 e. The summed E-state index contributed by atoms with van der Waals surface area (Å²) in [5.74, 6) is 0.149. The first kappa shape index (κ1) is 25.3. The lowest BCUT2D eigenvalue weighted by Gasteiger charge is -2.17. The van der Waals surface area contributed by atoms with Crippen LogP contribution in [0.1, 0.15) is 32.8 Å². The van der Waals surface area contributed by atoms with Gasteiger partial charge in [0.25, 0.3) is 0 Å². The molecule has 0 saturated carbocycles. The maximum atomic E-state index is 14.1. The molecule has 10 heteroatoms. The van der Waals surface area contributed by atoms with E-state index in [-0.39, 0.29) is 17.1 Å². The molecule has 6 rings (SSSR count). The van der Waals surface area contributed by atoms with Gasteiger partial charge in [-0.05, 0) is 54.3 Å². The summed E-state index contributed by atoms with van der Waals surface area (Å²) in [7, 11) is 0. The average molecular weight is 535 g/mol. The minimum atomic E-state index is -0.324. The van der Waals surface area contributed by atoms with E-state index in [9.17, 15) is 9.18 Å². The quantitative estimate of drug-likeness (QED) is 0.233. The minimum Gasteiger partial charge on any atom is -0.336 e. The summed E-state index contributed by atoms with van der Waals surface area (Å²) in [4.78, 5) is 34.0. The van der Waals surface area contributed by atoms with Crippen LogP contribution in [-0.4, -0.2) is 41.0 Å². The standard InChI is InChI=1S/C30H27FN8O/c1-16-7-17(9-19(31)8-16)26-28-22(5-6-33-26)36-29(37-28)27-21-11-23(34-15-24(21)38-39-27)18-10-20(14-32-13-18)35-25(40)12-30(2,3)4/h5-11,13-15H,12H2,1-4H3,(H,35,40)(H,36,37)(H,38,39). The Labute approximate surface area is 229 Å². The van der Waals surface area contributed by atoms with Crippen LogP contribution in [0.25, 0.3) is 56.0 Å². The van der Waals surface area contributed by atoms with Crippen molar-refractivity contribution in [3.05, 3.63) is 72.6 Å². The second-order valence-corrected chi connectivity index (χ2v) is 11.1. The molecule has 0 spiro atoms. The third kappa shape index (κ3) is 5.03. The number of nitrogens with one attached hydrogen (secondary N) is 3. The van der Waals surface area contributed by atoms with E-state index in [1.54, 1.807) is 24.8 Å². The minimum absolute atomic E-state index is 0.0703. The van der Waals surface area contributed by atoms with Crippen molar-refractivity contribution in [2.75, 3.05) is 5.32 Å². The van der Waals surface area contributed by atoms with Gasteiger partial charge in [-0.15, -0.1) is 0 Å². The van der Waals surface area contributed by atoms with Gasteiger partial charge in [0.1, 0.15) is 17.0 Å². The molecular formula is C30H27FN8O. The van der Waals surface area contributed by atoms with Crippen molar-refractivity contribution in [3.8, 4) is 34.0 Å². The number of anilines is 1. The zero-order valence-electron chi connectivity index (χ0n) is 22.5. The molecular weight excluding hydrogens is 507 g/mol. The van der Waals surface area contributed by atoms with Gasteiger partial charge in [0, 0.05) is 35.3 Å². The number of hydrogen-bond donors (Lipinski definition) is 3. The van der Waals surface area contributed by atoms with Gasteiger partial charge < -0.3 is 10.3 Å². The van der Waals surface area contributed by atoms with E-state index in [0.29, 0.717) is 46.1 Å². The lowest BCUT2D eigenvalue weighted by molar-refractivity contribution is -0.117. The third-order valence-electron chi connectivity index (χ3n) is 6.40. The van der Waals surface area contributed by atoms with Crippen molar-refractivity contribution in [1.82, 2.24) is 35.1 Å². The van der Waals surface area contributed by atoms with Crippen molar-refractivity contribution >= 4 is 33.5 Å². The molecule has 0 radical (unpaired) electrons. The van der Waals surface area contributed by atoms with Crippen molar-refractivity contribution in [2.24, 2.45) is 5.41 Å². The zero-order chi connectivity index (χ0) is 28.0. The molecule has 200 valence electrons. The molecule has 0 saturated heterocycles. The first-order valence-corrected chi connectivity index (χ1v) is 12.8. The van der Waals surface area contributed by atoms with E-state index in [1.807, 2.05) is 52.0 Å². The van der Waals surface area contributed by atoms with Crippen LogP contribution < -0.4 is 5.32 Å². The summed E-state index contributed by atoms with van der Waals surface area (Å²) in [6.45, 7) is 7.90. The fraction of sp³-hybridized carbons (Fsp3) is 0.200. The molecule has 0 bridgehead atoms. The maximum absolute atomic E-state index is 14.1. The second-order valence-electron chi connectivity index (χ2n) is 11.1. The molecule has 3 N–H and O–H groups in total. The van der Waals surface area contributed by atoms with Crippen molar-refractivity contribution < 1.29 is 9.18 Å². The molecule has 1 amide bonds. The summed E-state index contributed by atoms with van der Waals surface area (Å²) in [5, 5.41) is 11.3. The SMILES string of the molecule is Cc1cc(F)cc(-c2nccc3[nH]c(-c4n[nH]c5cnc(-c6cncc(NC(=O)CC(C)(C)C)c6)cc45)nc23)c1. The number of hydrogen-bond acceptors (Lipinski definition) is 6. The predicted molar refractivity (Wildman–Crippen MR) is 153 cm³/mol. The number of benzene rings is 1. The fourth-order valence-corrected chi connectivity index (χ4v) is 4.72. The number of aryl methyl sites for hydroxylation is 1. The molecule has 40 heavy (non-hydrogen) atoms. The van der Waals surface area contributed by atoms with Crippen molar-refractivity contribution in [3.63, 3.8) is 0 Å². The van der Waals surface area contributed by atoms with Crippen molar-refractivity contribution in [2.45, 2.75) is 34.1 Å². The molecule has 9 nitrogen and oxygen atoms in total. The number of fused-ring (bicyclic) bond motifs is 2. The van der Waals surface area contributed by atoms with Crippen LogP contribution in [0.4, 0.5) is 10.1 Å². The number of amides is 1. The molecule has 0 unspecified atom stereocenters. The molecule has 6 aromatic rings. The van der Waals surface area contributed by atoms with Crippen LogP contribution >= 0.6 is 0 Å². The number of pyridine rings is 3. The van der Waals surface area contributed by atoms with Gasteiger partial charge in [-0.3, -0.25) is 24.8 Å². The Morgan fingerprint density at radius 1 is 0.975 bits per heavy atom. The number of H-pyrrole nitrogens is 2. The van der Waals surface area contributed by atoms with E-state index < -0.39 is 0 Å². The zero-order valence-corrected chi connectivity index (χ0v) is 22.5. The number of imidazole rings is 1. The number of carbonyl (C=O) groups is 1. The second kappa shape index (κ2) is 9.64. The van der Waals surface area contributed by atoms with Gasteiger partial charge in [0.05, 0.1) is 40.5 Å². The Morgan fingerprint density at radius 2 is 1.82 bits per heavy atom. The first-order valence-electron chi connectivity index (χ1n) is 12.8. The molecule has 5 aromatic heterocycles. The van der Waals surface area contributed by atoms with Crippen LogP contribution in [0.3, 0.4) is 0 Å². The monoisotopic (exact) mass is 534 g/mol. The van der Waals surface area contributed by atoms with Gasteiger partial charge in [0.2, 0.25) is 5.91 Å². The number of aromatic nitrogens is 7. The summed E-state index contributed by atoms with van der Waals surface area (Å²) in [5.41, 5.74) is 6.67.